The van der Waals surface area contributed by atoms with E-state index in [0.717, 1.165) is 37.6 Å². The molecule has 4 aliphatic rings. The quantitative estimate of drug-likeness (QED) is 0.773. The Morgan fingerprint density at radius 3 is 2.79 bits per heavy atom. The predicted octanol–water partition coefficient (Wildman–Crippen LogP) is 3.10. The van der Waals surface area contributed by atoms with E-state index in [-0.39, 0.29) is 11.5 Å². The summed E-state index contributed by atoms with van der Waals surface area (Å²) < 4.78 is 12.0. The van der Waals surface area contributed by atoms with Crippen LogP contribution in [-0.4, -0.2) is 66.9 Å². The molecule has 0 amide bonds. The molecule has 1 aromatic rings. The maximum absolute atomic E-state index is 10.2. The van der Waals surface area contributed by atoms with Crippen LogP contribution in [0.25, 0.3) is 0 Å². The summed E-state index contributed by atoms with van der Waals surface area (Å²) in [4.78, 5) is 5.26. The van der Waals surface area contributed by atoms with Crippen molar-refractivity contribution in [1.82, 2.24) is 9.80 Å². The van der Waals surface area contributed by atoms with E-state index in [1.807, 2.05) is 6.08 Å². The Kier molecular flexibility index (Phi) is 5.31. The molecule has 1 aromatic carbocycles. The van der Waals surface area contributed by atoms with Gasteiger partial charge in [-0.05, 0) is 70.0 Å². The molecule has 0 aromatic heterocycles. The van der Waals surface area contributed by atoms with Crippen molar-refractivity contribution >= 4 is 0 Å². The van der Waals surface area contributed by atoms with Crippen molar-refractivity contribution in [2.45, 2.75) is 62.7 Å². The molecule has 0 bridgehead atoms. The second-order valence-electron chi connectivity index (χ2n) is 9.22. The number of aliphatic hydroxyl groups excluding tert-OH is 1. The molecule has 3 aliphatic heterocycles. The number of hydrogen-bond donors (Lipinski definition) is 1. The zero-order valence-electron chi connectivity index (χ0n) is 17.6. The van der Waals surface area contributed by atoms with Crippen LogP contribution in [-0.2, 0) is 12.0 Å². The summed E-state index contributed by atoms with van der Waals surface area (Å²) in [6, 6.07) is 4.28. The van der Waals surface area contributed by atoms with Crippen LogP contribution in [0.2, 0.25) is 0 Å². The van der Waals surface area contributed by atoms with Gasteiger partial charge in [-0.3, -0.25) is 4.90 Å². The highest BCUT2D eigenvalue weighted by Gasteiger charge is 2.52. The molecule has 5 heteroatoms. The van der Waals surface area contributed by atoms with Gasteiger partial charge in [-0.2, -0.15) is 0 Å². The molecule has 158 valence electrons. The maximum Gasteiger partial charge on any atom is 0.166 e. The number of nitrogens with zero attached hydrogens (tertiary/aromatic N) is 2. The van der Waals surface area contributed by atoms with E-state index in [0.29, 0.717) is 6.42 Å². The lowest BCUT2D eigenvalue weighted by Crippen LogP contribution is -2.43. The van der Waals surface area contributed by atoms with E-state index >= 15 is 0 Å². The Balaban J connectivity index is 1.37. The highest BCUT2D eigenvalue weighted by atomic mass is 16.5. The predicted molar refractivity (Wildman–Crippen MR) is 114 cm³/mol. The minimum absolute atomic E-state index is 0.000787. The van der Waals surface area contributed by atoms with Gasteiger partial charge < -0.3 is 19.5 Å². The van der Waals surface area contributed by atoms with Crippen LogP contribution in [0.1, 0.15) is 49.7 Å². The van der Waals surface area contributed by atoms with Crippen LogP contribution in [0.3, 0.4) is 0 Å². The molecule has 1 N–H and O–H groups in total. The number of methoxy groups -OCH3 is 1. The van der Waals surface area contributed by atoms with Crippen molar-refractivity contribution in [2.75, 3.05) is 39.8 Å². The lowest BCUT2D eigenvalue weighted by molar-refractivity contribution is 0.0807. The monoisotopic (exact) mass is 398 g/mol. The Hall–Kier alpha value is -1.56. The fraction of sp³-hybridized carbons (Fsp3) is 0.667. The van der Waals surface area contributed by atoms with Gasteiger partial charge in [-0.1, -0.05) is 24.6 Å². The largest absolute Gasteiger partial charge is 0.493 e. The topological polar surface area (TPSA) is 45.2 Å². The van der Waals surface area contributed by atoms with E-state index < -0.39 is 6.10 Å². The third-order valence-electron chi connectivity index (χ3n) is 7.43. The number of piperidine rings is 1. The molecule has 0 radical (unpaired) electrons. The molecular weight excluding hydrogens is 364 g/mol. The third-order valence-corrected chi connectivity index (χ3v) is 7.43. The number of ether oxygens (including phenoxy) is 2. The summed E-state index contributed by atoms with van der Waals surface area (Å²) >= 11 is 0. The maximum atomic E-state index is 10.2. The summed E-state index contributed by atoms with van der Waals surface area (Å²) in [5.41, 5.74) is 2.54. The van der Waals surface area contributed by atoms with Crippen LogP contribution < -0.4 is 9.47 Å². The molecule has 5 rings (SSSR count). The van der Waals surface area contributed by atoms with E-state index in [4.69, 9.17) is 9.47 Å². The van der Waals surface area contributed by atoms with E-state index in [1.54, 1.807) is 7.11 Å². The van der Waals surface area contributed by atoms with Crippen molar-refractivity contribution in [3.05, 3.63) is 35.4 Å². The number of hydrogen-bond acceptors (Lipinski definition) is 5. The lowest BCUT2D eigenvalue weighted by Gasteiger charge is -2.36. The van der Waals surface area contributed by atoms with Gasteiger partial charge in [0.15, 0.2) is 11.5 Å². The molecule has 1 fully saturated rings. The third kappa shape index (κ3) is 3.47. The highest BCUT2D eigenvalue weighted by Crippen LogP contribution is 2.55. The van der Waals surface area contributed by atoms with E-state index in [2.05, 4.69) is 28.0 Å². The average molecular weight is 399 g/mol. The molecule has 1 saturated heterocycles. The average Bonchev–Trinajstić information content (AvgIpc) is 2.98. The van der Waals surface area contributed by atoms with Gasteiger partial charge in [0, 0.05) is 18.5 Å². The summed E-state index contributed by atoms with van der Waals surface area (Å²) in [5, 5.41) is 10.2. The van der Waals surface area contributed by atoms with Gasteiger partial charge in [0.1, 0.15) is 6.10 Å². The zero-order valence-corrected chi connectivity index (χ0v) is 17.6. The fourth-order valence-electron chi connectivity index (χ4n) is 5.89. The second-order valence-corrected chi connectivity index (χ2v) is 9.22. The van der Waals surface area contributed by atoms with Crippen LogP contribution in [0, 0.1) is 0 Å². The van der Waals surface area contributed by atoms with Crippen molar-refractivity contribution in [3.8, 4) is 11.5 Å². The van der Waals surface area contributed by atoms with E-state index in [1.165, 1.54) is 56.4 Å². The first-order chi connectivity index (χ1) is 14.2. The van der Waals surface area contributed by atoms with Gasteiger partial charge >= 0.3 is 0 Å². The van der Waals surface area contributed by atoms with E-state index in [9.17, 15) is 5.11 Å². The van der Waals surface area contributed by atoms with Crippen LogP contribution in [0.15, 0.2) is 24.3 Å². The van der Waals surface area contributed by atoms with Crippen LogP contribution in [0.5, 0.6) is 11.5 Å². The molecule has 1 aliphatic carbocycles. The first-order valence-electron chi connectivity index (χ1n) is 11.4. The van der Waals surface area contributed by atoms with Crippen LogP contribution >= 0.6 is 0 Å². The van der Waals surface area contributed by atoms with Crippen molar-refractivity contribution in [3.63, 3.8) is 0 Å². The van der Waals surface area contributed by atoms with Crippen LogP contribution in [0.4, 0.5) is 0 Å². The number of benzene rings is 1. The van der Waals surface area contributed by atoms with Gasteiger partial charge in [-0.15, -0.1) is 0 Å². The first kappa shape index (κ1) is 19.4. The molecule has 0 saturated carbocycles. The SMILES string of the molecule is COc1ccc2c3c1O[C@H]1C[C@@H](O)C=C[C@@]31CCN(CCCN1CCCCC1)C2. The lowest BCUT2D eigenvalue weighted by atomic mass is 9.69. The molecule has 1 spiro atoms. The van der Waals surface area contributed by atoms with Crippen molar-refractivity contribution < 1.29 is 14.6 Å². The molecule has 0 unspecified atom stereocenters. The Labute approximate surface area is 174 Å². The zero-order chi connectivity index (χ0) is 19.8. The normalized spacial score (nSPS) is 31.7. The first-order valence-corrected chi connectivity index (χ1v) is 11.4. The minimum Gasteiger partial charge on any atom is -0.493 e. The molecule has 3 heterocycles. The smallest absolute Gasteiger partial charge is 0.166 e. The highest BCUT2D eigenvalue weighted by molar-refractivity contribution is 5.60. The Morgan fingerprint density at radius 1 is 1.14 bits per heavy atom. The molecule has 5 nitrogen and oxygen atoms in total. The summed E-state index contributed by atoms with van der Waals surface area (Å²) in [7, 11) is 1.71. The van der Waals surface area contributed by atoms with Gasteiger partial charge in [0.25, 0.3) is 0 Å². The number of rotatable bonds is 5. The van der Waals surface area contributed by atoms with Gasteiger partial charge in [-0.25, -0.2) is 0 Å². The molecule has 3 atom stereocenters. The second kappa shape index (κ2) is 7.93. The number of likely N-dealkylation sites (tertiary alicyclic amines) is 1. The Bertz CT molecular complexity index is 774. The van der Waals surface area contributed by atoms with Gasteiger partial charge in [0.05, 0.1) is 18.6 Å². The van der Waals surface area contributed by atoms with Crippen molar-refractivity contribution in [2.24, 2.45) is 0 Å². The Morgan fingerprint density at radius 2 is 1.97 bits per heavy atom. The van der Waals surface area contributed by atoms with Gasteiger partial charge in [0.2, 0.25) is 0 Å². The minimum atomic E-state index is -0.418. The number of aliphatic hydroxyl groups is 1. The standard InChI is InChI=1S/C24H34N2O3/c1-28-20-7-6-18-17-26(14-5-13-25-11-3-2-4-12-25)15-10-24-9-8-19(27)16-21(24)29-23(20)22(18)24/h6-9,19,21,27H,2-5,10-17H2,1H3/t19-,21-,24-/m0/s1. The summed E-state index contributed by atoms with van der Waals surface area (Å²) in [5.74, 6) is 1.72. The summed E-state index contributed by atoms with van der Waals surface area (Å²) in [6.45, 7) is 6.96. The summed E-state index contributed by atoms with van der Waals surface area (Å²) in [6.07, 6.45) is 10.9. The molecular formula is C24H34N2O3. The van der Waals surface area contributed by atoms with Crippen molar-refractivity contribution in [1.29, 1.82) is 0 Å². The molecule has 29 heavy (non-hydrogen) atoms. The fourth-order valence-corrected chi connectivity index (χ4v) is 5.89.